The summed E-state index contributed by atoms with van der Waals surface area (Å²) >= 11 is 0. The largest absolute Gasteiger partial charge is 0.361 e. The highest BCUT2D eigenvalue weighted by atomic mass is 14.7. The maximum atomic E-state index is 3.23. The van der Waals surface area contributed by atoms with Crippen molar-refractivity contribution >= 4 is 10.9 Å². The van der Waals surface area contributed by atoms with E-state index in [1.54, 1.807) is 0 Å². The molecule has 0 saturated heterocycles. The predicted octanol–water partition coefficient (Wildman–Crippen LogP) is 3.81. The lowest BCUT2D eigenvalue weighted by Gasteiger charge is -1.95. The smallest absolute Gasteiger partial charge is 0.0459 e. The van der Waals surface area contributed by atoms with Crippen LogP contribution in [0.4, 0.5) is 0 Å². The third-order valence-electron chi connectivity index (χ3n) is 2.11. The molecule has 13 heavy (non-hydrogen) atoms. The van der Waals surface area contributed by atoms with Crippen LogP contribution in [-0.2, 0) is 0 Å². The molecular formula is C12H17N. The van der Waals surface area contributed by atoms with Crippen molar-refractivity contribution in [2.45, 2.75) is 27.7 Å². The van der Waals surface area contributed by atoms with Crippen molar-refractivity contribution in [1.29, 1.82) is 0 Å². The molecule has 70 valence electrons. The van der Waals surface area contributed by atoms with E-state index < -0.39 is 0 Å². The minimum Gasteiger partial charge on any atom is -0.361 e. The average molecular weight is 175 g/mol. The number of hydrogen-bond donors (Lipinski definition) is 1. The first kappa shape index (κ1) is 9.85. The van der Waals surface area contributed by atoms with Gasteiger partial charge in [0.05, 0.1) is 0 Å². The van der Waals surface area contributed by atoms with E-state index in [2.05, 4.69) is 43.2 Å². The lowest BCUT2D eigenvalue weighted by atomic mass is 10.1. The number of rotatable bonds is 0. The third kappa shape index (κ3) is 1.74. The Morgan fingerprint density at radius 2 is 1.69 bits per heavy atom. The molecule has 0 atom stereocenters. The van der Waals surface area contributed by atoms with E-state index in [0.29, 0.717) is 0 Å². The molecule has 0 radical (unpaired) electrons. The van der Waals surface area contributed by atoms with Crippen LogP contribution in [0.3, 0.4) is 0 Å². The first-order valence-electron chi connectivity index (χ1n) is 4.82. The SMILES string of the molecule is CC.Cc1cccc2[nH]cc(C)c12. The van der Waals surface area contributed by atoms with E-state index in [1.165, 1.54) is 22.0 Å². The summed E-state index contributed by atoms with van der Waals surface area (Å²) in [5.74, 6) is 0. The van der Waals surface area contributed by atoms with Gasteiger partial charge in [-0.25, -0.2) is 0 Å². The normalized spacial score (nSPS) is 9.54. The van der Waals surface area contributed by atoms with Crippen LogP contribution in [0.15, 0.2) is 24.4 Å². The zero-order valence-electron chi connectivity index (χ0n) is 8.81. The van der Waals surface area contributed by atoms with Crippen LogP contribution in [0.5, 0.6) is 0 Å². The van der Waals surface area contributed by atoms with Gasteiger partial charge in [0.15, 0.2) is 0 Å². The number of nitrogens with one attached hydrogen (secondary N) is 1. The van der Waals surface area contributed by atoms with Gasteiger partial charge in [-0.1, -0.05) is 26.0 Å². The summed E-state index contributed by atoms with van der Waals surface area (Å²) in [6.45, 7) is 8.27. The summed E-state index contributed by atoms with van der Waals surface area (Å²) in [5.41, 5.74) is 3.92. The fourth-order valence-electron chi connectivity index (χ4n) is 1.57. The summed E-state index contributed by atoms with van der Waals surface area (Å²) < 4.78 is 0. The van der Waals surface area contributed by atoms with Crippen molar-refractivity contribution in [3.05, 3.63) is 35.5 Å². The predicted molar refractivity (Wildman–Crippen MR) is 59.1 cm³/mol. The molecule has 0 aliphatic carbocycles. The molecule has 0 spiro atoms. The number of benzene rings is 1. The molecule has 0 saturated carbocycles. The fraction of sp³-hybridized carbons (Fsp3) is 0.333. The molecule has 1 heterocycles. The van der Waals surface area contributed by atoms with Gasteiger partial charge in [0.25, 0.3) is 0 Å². The van der Waals surface area contributed by atoms with Crippen LogP contribution in [-0.4, -0.2) is 4.98 Å². The zero-order valence-corrected chi connectivity index (χ0v) is 8.81. The highest BCUT2D eigenvalue weighted by Crippen LogP contribution is 2.20. The molecule has 1 heteroatoms. The maximum absolute atomic E-state index is 3.23. The van der Waals surface area contributed by atoms with Gasteiger partial charge in [0.2, 0.25) is 0 Å². The second kappa shape index (κ2) is 4.13. The second-order valence-corrected chi connectivity index (χ2v) is 2.97. The Balaban J connectivity index is 0.000000396. The van der Waals surface area contributed by atoms with Crippen LogP contribution in [0.2, 0.25) is 0 Å². The van der Waals surface area contributed by atoms with Crippen LogP contribution < -0.4 is 0 Å². The van der Waals surface area contributed by atoms with E-state index in [4.69, 9.17) is 0 Å². The molecule has 2 rings (SSSR count). The van der Waals surface area contributed by atoms with E-state index in [1.807, 2.05) is 13.8 Å². The average Bonchev–Trinajstić information content (AvgIpc) is 2.53. The summed E-state index contributed by atoms with van der Waals surface area (Å²) in [4.78, 5) is 3.23. The highest BCUT2D eigenvalue weighted by Gasteiger charge is 1.99. The number of aromatic amines is 1. The summed E-state index contributed by atoms with van der Waals surface area (Å²) in [6.07, 6.45) is 2.05. The lowest BCUT2D eigenvalue weighted by molar-refractivity contribution is 1.43. The molecule has 1 N–H and O–H groups in total. The van der Waals surface area contributed by atoms with Gasteiger partial charge in [-0.05, 0) is 31.0 Å². The number of H-pyrrole nitrogens is 1. The Kier molecular flexibility index (Phi) is 3.13. The van der Waals surface area contributed by atoms with Crippen molar-refractivity contribution in [3.63, 3.8) is 0 Å². The molecule has 0 unspecified atom stereocenters. The standard InChI is InChI=1S/C10H11N.C2H6/c1-7-4-3-5-9-10(7)8(2)6-11-9;1-2/h3-6,11H,1-2H3;1-2H3. The quantitative estimate of drug-likeness (QED) is 0.626. The Morgan fingerprint density at radius 1 is 1.00 bits per heavy atom. The molecule has 1 nitrogen and oxygen atoms in total. The lowest BCUT2D eigenvalue weighted by Crippen LogP contribution is -1.74. The molecule has 1 aromatic carbocycles. The highest BCUT2D eigenvalue weighted by molar-refractivity contribution is 5.86. The van der Waals surface area contributed by atoms with Crippen molar-refractivity contribution < 1.29 is 0 Å². The van der Waals surface area contributed by atoms with Gasteiger partial charge in [-0.15, -0.1) is 0 Å². The van der Waals surface area contributed by atoms with E-state index in [9.17, 15) is 0 Å². The van der Waals surface area contributed by atoms with Gasteiger partial charge in [0.1, 0.15) is 0 Å². The van der Waals surface area contributed by atoms with Crippen LogP contribution in [0.25, 0.3) is 10.9 Å². The topological polar surface area (TPSA) is 15.8 Å². The van der Waals surface area contributed by atoms with Crippen LogP contribution >= 0.6 is 0 Å². The van der Waals surface area contributed by atoms with Crippen molar-refractivity contribution in [2.75, 3.05) is 0 Å². The number of hydrogen-bond acceptors (Lipinski definition) is 0. The minimum atomic E-state index is 1.24. The Bertz CT molecular complexity index is 385. The maximum Gasteiger partial charge on any atom is 0.0459 e. The van der Waals surface area contributed by atoms with Gasteiger partial charge < -0.3 is 4.98 Å². The molecule has 0 aliphatic heterocycles. The molecule has 1 aromatic heterocycles. The second-order valence-electron chi connectivity index (χ2n) is 2.97. The first-order valence-corrected chi connectivity index (χ1v) is 4.82. The monoisotopic (exact) mass is 175 g/mol. The number of aryl methyl sites for hydroxylation is 2. The van der Waals surface area contributed by atoms with E-state index >= 15 is 0 Å². The van der Waals surface area contributed by atoms with Crippen molar-refractivity contribution in [1.82, 2.24) is 4.98 Å². The van der Waals surface area contributed by atoms with Gasteiger partial charge in [0, 0.05) is 17.1 Å². The van der Waals surface area contributed by atoms with Crippen LogP contribution in [0.1, 0.15) is 25.0 Å². The summed E-state index contributed by atoms with van der Waals surface area (Å²) in [7, 11) is 0. The molecule has 0 bridgehead atoms. The summed E-state index contributed by atoms with van der Waals surface area (Å²) in [5, 5.41) is 1.37. The Labute approximate surface area is 79.8 Å². The minimum absolute atomic E-state index is 1.24. The van der Waals surface area contributed by atoms with Gasteiger partial charge in [-0.2, -0.15) is 0 Å². The molecule has 0 aliphatic rings. The molecule has 2 aromatic rings. The van der Waals surface area contributed by atoms with Crippen molar-refractivity contribution in [2.24, 2.45) is 0 Å². The van der Waals surface area contributed by atoms with Crippen molar-refractivity contribution in [3.8, 4) is 0 Å². The molecule has 0 amide bonds. The molecular weight excluding hydrogens is 158 g/mol. The number of aromatic nitrogens is 1. The van der Waals surface area contributed by atoms with E-state index in [-0.39, 0.29) is 0 Å². The first-order chi connectivity index (χ1) is 6.29. The van der Waals surface area contributed by atoms with Gasteiger partial charge >= 0.3 is 0 Å². The fourth-order valence-corrected chi connectivity index (χ4v) is 1.57. The zero-order chi connectivity index (χ0) is 9.84. The van der Waals surface area contributed by atoms with Gasteiger partial charge in [-0.3, -0.25) is 0 Å². The van der Waals surface area contributed by atoms with E-state index in [0.717, 1.165) is 0 Å². The Morgan fingerprint density at radius 3 is 2.31 bits per heavy atom. The number of fused-ring (bicyclic) bond motifs is 1. The Hall–Kier alpha value is -1.24. The third-order valence-corrected chi connectivity index (χ3v) is 2.11. The molecule has 0 fully saturated rings. The van der Waals surface area contributed by atoms with Crippen LogP contribution in [0, 0.1) is 13.8 Å². The summed E-state index contributed by atoms with van der Waals surface area (Å²) in [6, 6.07) is 6.33.